The minimum atomic E-state index is -0.602. The van der Waals surface area contributed by atoms with Crippen molar-refractivity contribution in [1.29, 1.82) is 5.41 Å². The molecule has 0 spiro atoms. The lowest BCUT2D eigenvalue weighted by molar-refractivity contribution is 0.0364. The van der Waals surface area contributed by atoms with Crippen molar-refractivity contribution in [2.45, 2.75) is 37.8 Å². The third-order valence-corrected chi connectivity index (χ3v) is 7.91. The molecule has 2 aromatic heterocycles. The number of aryl methyl sites for hydroxylation is 1. The molecule has 2 N–H and O–H groups in total. The topological polar surface area (TPSA) is 93.0 Å². The molecule has 0 aliphatic heterocycles. The second kappa shape index (κ2) is 15.4. The molecule has 0 saturated carbocycles. The Labute approximate surface area is 265 Å². The zero-order chi connectivity index (χ0) is 31.6. The number of thioether (sulfide) groups is 1. The van der Waals surface area contributed by atoms with Gasteiger partial charge in [-0.05, 0) is 54.8 Å². The van der Waals surface area contributed by atoms with Crippen molar-refractivity contribution in [3.05, 3.63) is 131 Å². The molecular weight excluding hydrogens is 592 g/mol. The molecule has 0 amide bonds. The summed E-state index contributed by atoms with van der Waals surface area (Å²) in [5.74, 6) is -0.360. The van der Waals surface area contributed by atoms with Crippen molar-refractivity contribution < 1.29 is 18.3 Å². The maximum Gasteiger partial charge on any atom is 0.250 e. The maximum atomic E-state index is 15.1. The SMILES string of the molecule is CNc1ccc(COc2ncc(-c3cc(C)nc(SCCC(OCc4ccccc4F)c4ccccc4)n3)cc2F)cc1C=N. The predicted octanol–water partition coefficient (Wildman–Crippen LogP) is 8.18. The summed E-state index contributed by atoms with van der Waals surface area (Å²) >= 11 is 1.47. The number of benzene rings is 3. The molecule has 1 unspecified atom stereocenters. The number of halogens is 2. The van der Waals surface area contributed by atoms with Crippen LogP contribution < -0.4 is 10.1 Å². The first-order chi connectivity index (χ1) is 21.9. The van der Waals surface area contributed by atoms with Gasteiger partial charge in [0, 0.05) is 53.3 Å². The minimum absolute atomic E-state index is 0.107. The fourth-order valence-electron chi connectivity index (χ4n) is 4.70. The van der Waals surface area contributed by atoms with Crippen LogP contribution in [0.25, 0.3) is 11.3 Å². The van der Waals surface area contributed by atoms with E-state index in [1.54, 1.807) is 31.3 Å². The van der Waals surface area contributed by atoms with Crippen LogP contribution in [0.2, 0.25) is 0 Å². The summed E-state index contributed by atoms with van der Waals surface area (Å²) in [7, 11) is 1.79. The normalized spacial score (nSPS) is 11.6. The Balaban J connectivity index is 1.23. The summed E-state index contributed by atoms with van der Waals surface area (Å²) in [6.45, 7) is 2.13. The van der Waals surface area contributed by atoms with E-state index in [0.717, 1.165) is 22.5 Å². The molecule has 0 aliphatic carbocycles. The Bertz CT molecular complexity index is 1760. The van der Waals surface area contributed by atoms with Gasteiger partial charge in [0.05, 0.1) is 18.4 Å². The molecule has 7 nitrogen and oxygen atoms in total. The van der Waals surface area contributed by atoms with E-state index < -0.39 is 5.82 Å². The molecule has 5 rings (SSSR count). The second-order valence-electron chi connectivity index (χ2n) is 10.2. The lowest BCUT2D eigenvalue weighted by Crippen LogP contribution is -2.07. The van der Waals surface area contributed by atoms with Gasteiger partial charge in [-0.15, -0.1) is 0 Å². The van der Waals surface area contributed by atoms with E-state index in [1.165, 1.54) is 36.3 Å². The highest BCUT2D eigenvalue weighted by atomic mass is 32.2. The Kier molecular flexibility index (Phi) is 10.8. The van der Waals surface area contributed by atoms with Crippen LogP contribution >= 0.6 is 11.8 Å². The molecule has 0 aliphatic rings. The Morgan fingerprint density at radius 3 is 2.49 bits per heavy atom. The number of hydrogen-bond donors (Lipinski definition) is 2. The summed E-state index contributed by atoms with van der Waals surface area (Å²) in [5, 5.41) is 11.2. The molecule has 5 aromatic rings. The summed E-state index contributed by atoms with van der Waals surface area (Å²) in [6.07, 6.45) is 3.19. The van der Waals surface area contributed by atoms with Crippen LogP contribution in [0.3, 0.4) is 0 Å². The first-order valence-corrected chi connectivity index (χ1v) is 15.4. The Morgan fingerprint density at radius 1 is 0.933 bits per heavy atom. The van der Waals surface area contributed by atoms with Crippen molar-refractivity contribution in [2.75, 3.05) is 18.1 Å². The molecule has 0 saturated heterocycles. The fourth-order valence-corrected chi connectivity index (χ4v) is 5.59. The summed E-state index contributed by atoms with van der Waals surface area (Å²) < 4.78 is 41.1. The number of anilines is 1. The molecule has 230 valence electrons. The first-order valence-electron chi connectivity index (χ1n) is 14.4. The van der Waals surface area contributed by atoms with Crippen molar-refractivity contribution in [2.24, 2.45) is 0 Å². The van der Waals surface area contributed by atoms with Crippen LogP contribution in [0.5, 0.6) is 5.88 Å². The molecule has 3 aromatic carbocycles. The van der Waals surface area contributed by atoms with Gasteiger partial charge < -0.3 is 20.2 Å². The van der Waals surface area contributed by atoms with Crippen LogP contribution in [0, 0.1) is 24.0 Å². The van der Waals surface area contributed by atoms with Crippen LogP contribution in [0.4, 0.5) is 14.5 Å². The van der Waals surface area contributed by atoms with Gasteiger partial charge in [0.1, 0.15) is 12.4 Å². The molecule has 0 bridgehead atoms. The molecular formula is C35H33F2N5O2S. The Morgan fingerprint density at radius 2 is 1.73 bits per heavy atom. The van der Waals surface area contributed by atoms with E-state index in [1.807, 2.05) is 55.5 Å². The third kappa shape index (κ3) is 8.49. The molecule has 0 fully saturated rings. The molecule has 1 atom stereocenters. The highest BCUT2D eigenvalue weighted by Gasteiger charge is 2.16. The second-order valence-corrected chi connectivity index (χ2v) is 11.3. The standard InChI is InChI=1S/C35H33F2N5O2S/c1-23-16-32(28-18-30(37)34(40-20-28)44-21-24-12-13-31(39-2)27(17-24)19-38)42-35(41-23)45-15-14-33(25-8-4-3-5-9-25)43-22-26-10-6-7-11-29(26)36/h3-13,16-20,33,38-39H,14-15,21-22H2,1-2H3. The van der Waals surface area contributed by atoms with Gasteiger partial charge in [0.15, 0.2) is 11.0 Å². The van der Waals surface area contributed by atoms with E-state index in [-0.39, 0.29) is 31.0 Å². The van der Waals surface area contributed by atoms with Crippen molar-refractivity contribution in [3.63, 3.8) is 0 Å². The summed E-state index contributed by atoms with van der Waals surface area (Å²) in [5.41, 5.74) is 5.64. The number of nitrogens with one attached hydrogen (secondary N) is 2. The summed E-state index contributed by atoms with van der Waals surface area (Å²) in [4.78, 5) is 13.4. The highest BCUT2D eigenvalue weighted by Crippen LogP contribution is 2.29. The highest BCUT2D eigenvalue weighted by molar-refractivity contribution is 7.99. The van der Waals surface area contributed by atoms with E-state index in [0.29, 0.717) is 39.7 Å². The summed E-state index contributed by atoms with van der Waals surface area (Å²) in [6, 6.07) is 25.1. The number of nitrogens with zero attached hydrogens (tertiary/aromatic N) is 3. The largest absolute Gasteiger partial charge is 0.471 e. The van der Waals surface area contributed by atoms with Crippen LogP contribution in [0.1, 0.15) is 40.5 Å². The average Bonchev–Trinajstić information content (AvgIpc) is 3.06. The van der Waals surface area contributed by atoms with Crippen LogP contribution in [-0.4, -0.2) is 34.0 Å². The van der Waals surface area contributed by atoms with E-state index >= 15 is 4.39 Å². The quantitative estimate of drug-likeness (QED) is 0.0730. The number of rotatable bonds is 14. The van der Waals surface area contributed by atoms with E-state index in [9.17, 15) is 4.39 Å². The zero-order valence-electron chi connectivity index (χ0n) is 25.0. The molecule has 2 heterocycles. The number of ether oxygens (including phenoxy) is 2. The number of aromatic nitrogens is 3. The number of hydrogen-bond acceptors (Lipinski definition) is 8. The lowest BCUT2D eigenvalue weighted by atomic mass is 10.1. The van der Waals surface area contributed by atoms with Gasteiger partial charge >= 0.3 is 0 Å². The van der Waals surface area contributed by atoms with Gasteiger partial charge in [0.25, 0.3) is 5.88 Å². The predicted molar refractivity (Wildman–Crippen MR) is 174 cm³/mol. The van der Waals surface area contributed by atoms with Gasteiger partial charge in [-0.3, -0.25) is 0 Å². The van der Waals surface area contributed by atoms with E-state index in [2.05, 4.69) is 20.3 Å². The average molecular weight is 626 g/mol. The minimum Gasteiger partial charge on any atom is -0.471 e. The van der Waals surface area contributed by atoms with Gasteiger partial charge in [-0.25, -0.2) is 23.7 Å². The van der Waals surface area contributed by atoms with Gasteiger partial charge in [-0.1, -0.05) is 66.4 Å². The smallest absolute Gasteiger partial charge is 0.250 e. The first kappa shape index (κ1) is 31.7. The zero-order valence-corrected chi connectivity index (χ0v) is 25.8. The molecule has 10 heteroatoms. The number of pyridine rings is 1. The maximum absolute atomic E-state index is 15.1. The van der Waals surface area contributed by atoms with Gasteiger partial charge in [0.2, 0.25) is 0 Å². The van der Waals surface area contributed by atoms with Gasteiger partial charge in [-0.2, -0.15) is 0 Å². The Hall–Kier alpha value is -4.67. The molecule has 0 radical (unpaired) electrons. The lowest BCUT2D eigenvalue weighted by Gasteiger charge is -2.18. The monoisotopic (exact) mass is 625 g/mol. The van der Waals surface area contributed by atoms with Crippen molar-refractivity contribution in [1.82, 2.24) is 15.0 Å². The van der Waals surface area contributed by atoms with Crippen LogP contribution in [-0.2, 0) is 18.0 Å². The fraction of sp³-hybridized carbons (Fsp3) is 0.200. The van der Waals surface area contributed by atoms with Crippen molar-refractivity contribution >= 4 is 23.7 Å². The van der Waals surface area contributed by atoms with Crippen molar-refractivity contribution in [3.8, 4) is 17.1 Å². The van der Waals surface area contributed by atoms with E-state index in [4.69, 9.17) is 14.9 Å². The van der Waals surface area contributed by atoms with Crippen LogP contribution in [0.15, 0.2) is 96.3 Å². The third-order valence-electron chi connectivity index (χ3n) is 7.03. The molecule has 45 heavy (non-hydrogen) atoms.